The van der Waals surface area contributed by atoms with Gasteiger partial charge in [0.15, 0.2) is 0 Å². The van der Waals surface area contributed by atoms with Crippen LogP contribution in [-0.2, 0) is 22.7 Å². The van der Waals surface area contributed by atoms with E-state index in [1.165, 1.54) is 0 Å². The second kappa shape index (κ2) is 10.2. The van der Waals surface area contributed by atoms with Crippen LogP contribution in [0.2, 0.25) is 0 Å². The molecule has 0 saturated heterocycles. The second-order valence-electron chi connectivity index (χ2n) is 2.63. The number of hydrogen-bond acceptors (Lipinski definition) is 5. The predicted octanol–water partition coefficient (Wildman–Crippen LogP) is 1.67. The molecule has 0 bridgehead atoms. The fourth-order valence-electron chi connectivity index (χ4n) is 0.574. The van der Waals surface area contributed by atoms with Crippen molar-refractivity contribution in [3.05, 3.63) is 0 Å². The summed E-state index contributed by atoms with van der Waals surface area (Å²) in [7, 11) is -7.87. The minimum Gasteiger partial charge on any atom is -0.303 e. The van der Waals surface area contributed by atoms with Gasteiger partial charge in [-0.1, -0.05) is 6.92 Å². The van der Waals surface area contributed by atoms with Crippen LogP contribution < -0.4 is 0 Å². The molecule has 0 aliphatic carbocycles. The monoisotopic (exact) mass is 294 g/mol. The van der Waals surface area contributed by atoms with Crippen molar-refractivity contribution in [3.63, 3.8) is 0 Å². The average Bonchev–Trinajstić information content (AvgIpc) is 2.14. The lowest BCUT2D eigenvalue weighted by atomic mass is 10.5. The van der Waals surface area contributed by atoms with Crippen molar-refractivity contribution in [1.82, 2.24) is 0 Å². The highest BCUT2D eigenvalue weighted by Crippen LogP contribution is 2.42. The maximum atomic E-state index is 10.5. The quantitative estimate of drug-likeness (QED) is 0.606. The van der Waals surface area contributed by atoms with E-state index in [9.17, 15) is 9.13 Å². The third-order valence-electron chi connectivity index (χ3n) is 1.05. The molecule has 3 N–H and O–H groups in total. The van der Waals surface area contributed by atoms with Gasteiger partial charge in [-0.2, -0.15) is 0 Å². The summed E-state index contributed by atoms with van der Waals surface area (Å²) in [6.45, 7) is 5.52. The molecule has 0 atom stereocenters. The Labute approximate surface area is 101 Å². The zero-order valence-electron chi connectivity index (χ0n) is 10.1. The van der Waals surface area contributed by atoms with Gasteiger partial charge in [0, 0.05) is 0 Å². The lowest BCUT2D eigenvalue weighted by molar-refractivity contribution is 0.161. The molecule has 0 aromatic carbocycles. The van der Waals surface area contributed by atoms with Crippen molar-refractivity contribution in [1.29, 1.82) is 0 Å². The predicted molar refractivity (Wildman–Crippen MR) is 61.4 cm³/mol. The Bertz CT molecular complexity index is 253. The molecule has 106 valence electrons. The lowest BCUT2D eigenvalue weighted by Gasteiger charge is -2.07. The highest BCUT2D eigenvalue weighted by atomic mass is 31.2. The van der Waals surface area contributed by atoms with E-state index in [4.69, 9.17) is 14.7 Å². The Morgan fingerprint density at radius 3 is 1.47 bits per heavy atom. The van der Waals surface area contributed by atoms with E-state index in [2.05, 4.69) is 13.6 Å². The van der Waals surface area contributed by atoms with Crippen molar-refractivity contribution in [2.24, 2.45) is 0 Å². The Hall–Kier alpha value is 0.220. The van der Waals surface area contributed by atoms with Gasteiger partial charge in [-0.3, -0.25) is 13.6 Å². The molecule has 0 heterocycles. The standard InChI is InChI=1S/C4H11O4P.C3H9O4P/c1-3-7-9(5,6)8-4-2;1-2-3-7-8(4,5)6/h3-4H2,1-2H3,(H,5,6);2-3H2,1H3,(H2,4,5,6). The minimum atomic E-state index is -4.18. The normalized spacial score (nSPS) is 11.9. The molecular weight excluding hydrogens is 274 g/mol. The molecule has 0 fully saturated rings. The van der Waals surface area contributed by atoms with Gasteiger partial charge in [0.05, 0.1) is 19.8 Å². The van der Waals surface area contributed by atoms with Crippen molar-refractivity contribution in [2.75, 3.05) is 19.8 Å². The van der Waals surface area contributed by atoms with E-state index in [0.717, 1.165) is 0 Å². The maximum Gasteiger partial charge on any atom is 0.472 e. The summed E-state index contributed by atoms with van der Waals surface area (Å²) >= 11 is 0. The first-order chi connectivity index (χ1) is 7.68. The van der Waals surface area contributed by atoms with E-state index in [0.29, 0.717) is 6.42 Å². The molecule has 0 spiro atoms. The molecule has 8 nitrogen and oxygen atoms in total. The Balaban J connectivity index is 0. The zero-order chi connectivity index (χ0) is 13.9. The van der Waals surface area contributed by atoms with Crippen LogP contribution >= 0.6 is 15.6 Å². The molecule has 0 aliphatic heterocycles. The fraction of sp³-hybridized carbons (Fsp3) is 1.00. The van der Waals surface area contributed by atoms with E-state index in [-0.39, 0.29) is 19.8 Å². The van der Waals surface area contributed by atoms with Crippen LogP contribution in [0.4, 0.5) is 0 Å². The number of phosphoric ester groups is 2. The first-order valence-corrected chi connectivity index (χ1v) is 8.03. The summed E-state index contributed by atoms with van der Waals surface area (Å²) in [6.07, 6.45) is 0.616. The van der Waals surface area contributed by atoms with Crippen molar-refractivity contribution >= 4 is 15.6 Å². The van der Waals surface area contributed by atoms with Crippen molar-refractivity contribution in [2.45, 2.75) is 27.2 Å². The molecule has 0 aliphatic rings. The average molecular weight is 294 g/mol. The molecule has 0 radical (unpaired) electrons. The lowest BCUT2D eigenvalue weighted by Crippen LogP contribution is -1.93. The summed E-state index contributed by atoms with van der Waals surface area (Å²) in [5.41, 5.74) is 0. The SMILES string of the molecule is CCCOP(=O)(O)O.CCOP(=O)(O)OCC. The molecule has 10 heteroatoms. The maximum absolute atomic E-state index is 10.5. The molecule has 0 amide bonds. The molecule has 0 unspecified atom stereocenters. The fourth-order valence-corrected chi connectivity index (χ4v) is 1.72. The molecule has 0 saturated carbocycles. The first kappa shape index (κ1) is 19.6. The summed E-state index contributed by atoms with van der Waals surface area (Å²) < 4.78 is 33.1. The van der Waals surface area contributed by atoms with Crippen LogP contribution in [0.15, 0.2) is 0 Å². The Morgan fingerprint density at radius 1 is 0.882 bits per heavy atom. The Morgan fingerprint density at radius 2 is 1.29 bits per heavy atom. The zero-order valence-corrected chi connectivity index (χ0v) is 11.9. The van der Waals surface area contributed by atoms with Gasteiger partial charge in [0.1, 0.15) is 0 Å². The third kappa shape index (κ3) is 18.8. The van der Waals surface area contributed by atoms with Gasteiger partial charge < -0.3 is 14.7 Å². The molecule has 17 heavy (non-hydrogen) atoms. The molecule has 0 aromatic rings. The summed E-state index contributed by atoms with van der Waals surface area (Å²) in [4.78, 5) is 24.7. The summed E-state index contributed by atoms with van der Waals surface area (Å²) in [5, 5.41) is 0. The van der Waals surface area contributed by atoms with Crippen LogP contribution in [-0.4, -0.2) is 34.5 Å². The van der Waals surface area contributed by atoms with Crippen LogP contribution in [0.25, 0.3) is 0 Å². The van der Waals surface area contributed by atoms with Gasteiger partial charge in [-0.05, 0) is 20.3 Å². The number of phosphoric acid groups is 2. The molecular formula is C7H20O8P2. The summed E-state index contributed by atoms with van der Waals surface area (Å²) in [6, 6.07) is 0. The largest absolute Gasteiger partial charge is 0.472 e. The van der Waals surface area contributed by atoms with Gasteiger partial charge in [-0.25, -0.2) is 9.13 Å². The van der Waals surface area contributed by atoms with Crippen molar-refractivity contribution < 1.29 is 37.4 Å². The van der Waals surface area contributed by atoms with Crippen molar-refractivity contribution in [3.8, 4) is 0 Å². The minimum absolute atomic E-state index is 0.115. The molecule has 0 aromatic heterocycles. The van der Waals surface area contributed by atoms with E-state index >= 15 is 0 Å². The van der Waals surface area contributed by atoms with Gasteiger partial charge in [0.2, 0.25) is 0 Å². The summed E-state index contributed by atoms with van der Waals surface area (Å²) in [5.74, 6) is 0. The van der Waals surface area contributed by atoms with E-state index in [1.807, 2.05) is 0 Å². The van der Waals surface area contributed by atoms with Gasteiger partial charge >= 0.3 is 15.6 Å². The van der Waals surface area contributed by atoms with Gasteiger partial charge in [-0.15, -0.1) is 0 Å². The van der Waals surface area contributed by atoms with Crippen LogP contribution in [0.1, 0.15) is 27.2 Å². The number of rotatable bonds is 7. The van der Waals surface area contributed by atoms with Crippen LogP contribution in [0, 0.1) is 0 Å². The third-order valence-corrected chi connectivity index (χ3v) is 2.74. The first-order valence-electron chi connectivity index (χ1n) is 5.00. The van der Waals surface area contributed by atoms with E-state index < -0.39 is 15.6 Å². The second-order valence-corrected chi connectivity index (χ2v) is 5.32. The van der Waals surface area contributed by atoms with Crippen LogP contribution in [0.5, 0.6) is 0 Å². The Kier molecular flexibility index (Phi) is 11.7. The molecule has 0 rings (SSSR count). The topological polar surface area (TPSA) is 123 Å². The highest BCUT2D eigenvalue weighted by molar-refractivity contribution is 7.47. The van der Waals surface area contributed by atoms with Crippen LogP contribution in [0.3, 0.4) is 0 Å². The smallest absolute Gasteiger partial charge is 0.303 e. The number of hydrogen-bond donors (Lipinski definition) is 3. The van der Waals surface area contributed by atoms with Gasteiger partial charge in [0.25, 0.3) is 0 Å². The van der Waals surface area contributed by atoms with E-state index in [1.54, 1.807) is 20.8 Å². The highest BCUT2D eigenvalue weighted by Gasteiger charge is 2.17.